The van der Waals surface area contributed by atoms with Gasteiger partial charge in [0.05, 0.1) is 6.42 Å². The third-order valence-corrected chi connectivity index (χ3v) is 9.57. The Morgan fingerprint density at radius 2 is 1.54 bits per heavy atom. The van der Waals surface area contributed by atoms with Gasteiger partial charge in [0.1, 0.15) is 17.6 Å². The molecule has 1 heterocycles. The summed E-state index contributed by atoms with van der Waals surface area (Å²) >= 11 is 0. The molecule has 0 radical (unpaired) electrons. The molecule has 1 N–H and O–H groups in total. The molecule has 7 nitrogen and oxygen atoms in total. The van der Waals surface area contributed by atoms with Gasteiger partial charge in [0.25, 0.3) is 0 Å². The molecule has 1 aliphatic carbocycles. The van der Waals surface area contributed by atoms with Gasteiger partial charge in [0.15, 0.2) is 0 Å². The molecule has 5 rings (SSSR count). The van der Waals surface area contributed by atoms with E-state index >= 15 is 0 Å². The maximum Gasteiger partial charge on any atom is 1.00 e. The zero-order chi connectivity index (χ0) is 33.4. The first-order chi connectivity index (χ1) is 22.6. The van der Waals surface area contributed by atoms with Crippen LogP contribution in [0.25, 0.3) is 0 Å². The van der Waals surface area contributed by atoms with E-state index in [-0.39, 0.29) is 72.2 Å². The monoisotopic (exact) mass is 661 g/mol. The molecule has 250 valence electrons. The molecular formula is C40H48NNaO6. The molecule has 2 aliphatic rings. The van der Waals surface area contributed by atoms with Crippen molar-refractivity contribution in [2.24, 2.45) is 5.92 Å². The Morgan fingerprint density at radius 1 is 0.896 bits per heavy atom. The van der Waals surface area contributed by atoms with Gasteiger partial charge in [-0.05, 0) is 72.8 Å². The van der Waals surface area contributed by atoms with Gasteiger partial charge in [-0.2, -0.15) is 0 Å². The zero-order valence-electron chi connectivity index (χ0n) is 29.0. The molecular weight excluding hydrogens is 613 g/mol. The summed E-state index contributed by atoms with van der Waals surface area (Å²) in [5.74, 6) is 0.259. The SMILES string of the molecule is CC(C)(C)c1ccc(CCC(CCC2CCCCC2)OC(=O)CCC(=O)[O-])cc1NC(=O)CC1c2ccccc2Oc2ccccc21.[Na+]. The second kappa shape index (κ2) is 17.5. The predicted molar refractivity (Wildman–Crippen MR) is 181 cm³/mol. The first-order valence-corrected chi connectivity index (χ1v) is 17.2. The number of carbonyl (C=O) groups excluding carboxylic acids is 3. The van der Waals surface area contributed by atoms with E-state index in [0.29, 0.717) is 18.8 Å². The van der Waals surface area contributed by atoms with Crippen LogP contribution in [0, 0.1) is 5.92 Å². The maximum atomic E-state index is 13.8. The third-order valence-electron chi connectivity index (χ3n) is 9.57. The van der Waals surface area contributed by atoms with Gasteiger partial charge in [-0.3, -0.25) is 9.59 Å². The van der Waals surface area contributed by atoms with Crippen molar-refractivity contribution in [3.05, 3.63) is 89.0 Å². The number of carboxylic acid groups (broad SMARTS) is 1. The number of esters is 1. The second-order valence-electron chi connectivity index (χ2n) is 14.2. The zero-order valence-corrected chi connectivity index (χ0v) is 31.0. The summed E-state index contributed by atoms with van der Waals surface area (Å²) in [5.41, 5.74) is 4.68. The molecule has 8 heteroatoms. The molecule has 1 amide bonds. The Labute approximate surface area is 307 Å². The van der Waals surface area contributed by atoms with Gasteiger partial charge in [-0.15, -0.1) is 0 Å². The molecule has 1 unspecified atom stereocenters. The maximum absolute atomic E-state index is 13.8. The van der Waals surface area contributed by atoms with E-state index in [9.17, 15) is 19.5 Å². The largest absolute Gasteiger partial charge is 1.00 e. The first kappa shape index (κ1) is 37.7. The number of carbonyl (C=O) groups is 3. The van der Waals surface area contributed by atoms with Crippen molar-refractivity contribution in [1.82, 2.24) is 0 Å². The average molecular weight is 662 g/mol. The smallest absolute Gasteiger partial charge is 0.550 e. The van der Waals surface area contributed by atoms with E-state index < -0.39 is 11.9 Å². The summed E-state index contributed by atoms with van der Waals surface area (Å²) in [5, 5.41) is 14.2. The molecule has 1 atom stereocenters. The Balaban J connectivity index is 0.00000520. The van der Waals surface area contributed by atoms with Crippen molar-refractivity contribution >= 4 is 23.5 Å². The van der Waals surface area contributed by atoms with Crippen LogP contribution in [0.15, 0.2) is 66.7 Å². The summed E-state index contributed by atoms with van der Waals surface area (Å²) in [4.78, 5) is 37.2. The summed E-state index contributed by atoms with van der Waals surface area (Å²) in [7, 11) is 0. The van der Waals surface area contributed by atoms with Gasteiger partial charge in [-0.25, -0.2) is 0 Å². The summed E-state index contributed by atoms with van der Waals surface area (Å²) < 4.78 is 12.0. The van der Waals surface area contributed by atoms with Crippen molar-refractivity contribution in [3.63, 3.8) is 0 Å². The fourth-order valence-corrected chi connectivity index (χ4v) is 7.06. The van der Waals surface area contributed by atoms with Crippen molar-refractivity contribution in [2.75, 3.05) is 5.32 Å². The van der Waals surface area contributed by atoms with Crippen LogP contribution in [0.4, 0.5) is 5.69 Å². The van der Waals surface area contributed by atoms with Crippen LogP contribution in [-0.2, 0) is 31.0 Å². The van der Waals surface area contributed by atoms with Gasteiger partial charge in [-0.1, -0.05) is 101 Å². The number of benzene rings is 3. The fraction of sp³-hybridized carbons (Fsp3) is 0.475. The van der Waals surface area contributed by atoms with E-state index in [1.54, 1.807) is 0 Å². The quantitative estimate of drug-likeness (QED) is 0.205. The van der Waals surface area contributed by atoms with Crippen molar-refractivity contribution in [3.8, 4) is 11.5 Å². The van der Waals surface area contributed by atoms with E-state index in [4.69, 9.17) is 9.47 Å². The number of hydrogen-bond acceptors (Lipinski definition) is 6. The van der Waals surface area contributed by atoms with Gasteiger partial charge in [0, 0.05) is 35.1 Å². The number of nitrogens with one attached hydrogen (secondary N) is 1. The Hall–Kier alpha value is -3.13. The molecule has 3 aromatic carbocycles. The minimum atomic E-state index is -1.25. The normalized spacial score (nSPS) is 15.2. The van der Waals surface area contributed by atoms with Crippen LogP contribution in [0.3, 0.4) is 0 Å². The average Bonchev–Trinajstić information content (AvgIpc) is 3.05. The Bertz CT molecular complexity index is 1510. The number of carboxylic acids is 1. The van der Waals surface area contributed by atoms with Crippen molar-refractivity contribution in [2.45, 2.75) is 115 Å². The molecule has 1 aliphatic heterocycles. The first-order valence-electron chi connectivity index (χ1n) is 17.2. The number of hydrogen-bond donors (Lipinski definition) is 1. The fourth-order valence-electron chi connectivity index (χ4n) is 7.06. The number of aliphatic carboxylic acids is 1. The number of anilines is 1. The number of fused-ring (bicyclic) bond motifs is 2. The molecule has 0 aromatic heterocycles. The summed E-state index contributed by atoms with van der Waals surface area (Å²) in [6.45, 7) is 6.40. The van der Waals surface area contributed by atoms with E-state index in [0.717, 1.165) is 52.3 Å². The number of ether oxygens (including phenoxy) is 2. The molecule has 0 bridgehead atoms. The second-order valence-corrected chi connectivity index (χ2v) is 14.2. The van der Waals surface area contributed by atoms with Crippen molar-refractivity contribution < 1.29 is 58.5 Å². The van der Waals surface area contributed by atoms with Gasteiger partial charge < -0.3 is 24.7 Å². The van der Waals surface area contributed by atoms with E-state index in [1.807, 2.05) is 48.5 Å². The topological polar surface area (TPSA) is 105 Å². The van der Waals surface area contributed by atoms with E-state index in [2.05, 4.69) is 44.3 Å². The number of aryl methyl sites for hydroxylation is 1. The van der Waals surface area contributed by atoms with Gasteiger partial charge in [0.2, 0.25) is 5.91 Å². The molecule has 1 saturated carbocycles. The number of para-hydroxylation sites is 2. The Morgan fingerprint density at radius 3 is 2.17 bits per heavy atom. The molecule has 0 spiro atoms. The number of amides is 1. The van der Waals surface area contributed by atoms with Crippen LogP contribution in [0.1, 0.15) is 120 Å². The number of rotatable bonds is 13. The third kappa shape index (κ3) is 10.4. The minimum absolute atomic E-state index is 0. The van der Waals surface area contributed by atoms with Gasteiger partial charge >= 0.3 is 35.5 Å². The van der Waals surface area contributed by atoms with Crippen LogP contribution < -0.4 is 44.7 Å². The van der Waals surface area contributed by atoms with Crippen LogP contribution >= 0.6 is 0 Å². The van der Waals surface area contributed by atoms with Crippen LogP contribution in [0.5, 0.6) is 11.5 Å². The van der Waals surface area contributed by atoms with Crippen LogP contribution in [0.2, 0.25) is 0 Å². The van der Waals surface area contributed by atoms with Crippen molar-refractivity contribution in [1.29, 1.82) is 0 Å². The van der Waals surface area contributed by atoms with E-state index in [1.165, 1.54) is 32.1 Å². The molecule has 1 fully saturated rings. The summed E-state index contributed by atoms with van der Waals surface area (Å²) in [6.07, 6.45) is 8.75. The van der Waals surface area contributed by atoms with Crippen LogP contribution in [-0.4, -0.2) is 23.9 Å². The Kier molecular flexibility index (Phi) is 13.7. The predicted octanol–water partition coefficient (Wildman–Crippen LogP) is 4.99. The minimum Gasteiger partial charge on any atom is -0.550 e. The summed E-state index contributed by atoms with van der Waals surface area (Å²) in [6, 6.07) is 22.0. The molecule has 48 heavy (non-hydrogen) atoms. The standard InChI is InChI=1S/C40H49NO6.Na/c1-40(2,3)33-22-19-28(18-21-29(46-39(45)24-23-38(43)44)20-17-27-11-5-4-6-12-27)25-34(33)41-37(42)26-32-30-13-7-9-15-35(30)47-36-16-10-8-14-31(32)36;/h7-10,13-16,19,22,25,27,29,32H,4-6,11-12,17-18,20-21,23-24,26H2,1-3H3,(H,41,42)(H,43,44);/q;+1/p-1. The molecule has 3 aromatic rings. The molecule has 0 saturated heterocycles.